The van der Waals surface area contributed by atoms with Gasteiger partial charge in [-0.2, -0.15) is 0 Å². The molecule has 0 aromatic rings. The molecule has 0 aliphatic heterocycles. The van der Waals surface area contributed by atoms with Crippen LogP contribution in [0, 0.1) is 5.41 Å². The summed E-state index contributed by atoms with van der Waals surface area (Å²) in [4.78, 5) is 0. The lowest BCUT2D eigenvalue weighted by molar-refractivity contribution is 0.343. The molecule has 14 heavy (non-hydrogen) atoms. The molecule has 0 saturated heterocycles. The predicted octanol–water partition coefficient (Wildman–Crippen LogP) is 3.41. The van der Waals surface area contributed by atoms with Gasteiger partial charge in [-0.1, -0.05) is 38.2 Å². The second kappa shape index (κ2) is 4.04. The Balaban J connectivity index is 2.60. The zero-order valence-corrected chi connectivity index (χ0v) is 9.61. The minimum atomic E-state index is 0.350. The average molecular weight is 191 g/mol. The summed E-state index contributed by atoms with van der Waals surface area (Å²) in [6.07, 6.45) is 4.39. The highest BCUT2D eigenvalue weighted by molar-refractivity contribution is 5.26. The highest BCUT2D eigenvalue weighted by Crippen LogP contribution is 2.36. The van der Waals surface area contributed by atoms with Crippen LogP contribution in [-0.2, 0) is 0 Å². The van der Waals surface area contributed by atoms with Gasteiger partial charge in [-0.05, 0) is 31.3 Å². The molecule has 1 heteroatoms. The summed E-state index contributed by atoms with van der Waals surface area (Å²) in [6.45, 7) is 15.4. The van der Waals surface area contributed by atoms with Crippen LogP contribution >= 0.6 is 0 Å². The van der Waals surface area contributed by atoms with Gasteiger partial charge in [-0.15, -0.1) is 0 Å². The maximum absolute atomic E-state index is 4.05. The van der Waals surface area contributed by atoms with E-state index >= 15 is 0 Å². The predicted molar refractivity (Wildman–Crippen MR) is 63.1 cm³/mol. The average Bonchev–Trinajstić information content (AvgIpc) is 1.96. The maximum atomic E-state index is 4.05. The Hall–Kier alpha value is -0.980. The molecule has 0 aromatic heterocycles. The van der Waals surface area contributed by atoms with E-state index in [0.717, 1.165) is 19.4 Å². The maximum Gasteiger partial charge on any atom is 0.0351 e. The summed E-state index contributed by atoms with van der Waals surface area (Å²) < 4.78 is 0. The molecule has 1 N–H and O–H groups in total. The van der Waals surface area contributed by atoms with E-state index in [9.17, 15) is 0 Å². The fourth-order valence-electron chi connectivity index (χ4n) is 1.92. The summed E-state index contributed by atoms with van der Waals surface area (Å²) in [6, 6.07) is 0. The Morgan fingerprint density at radius 3 is 2.64 bits per heavy atom. The van der Waals surface area contributed by atoms with Gasteiger partial charge in [0.05, 0.1) is 0 Å². The standard InChI is InChI=1S/C13H21N/c1-10(2)9-14-12-6-11(3)7-13(4,5)8-12/h6,14H,1,3,7-9H2,2,4-5H3. The molecular weight excluding hydrogens is 170 g/mol. The quantitative estimate of drug-likeness (QED) is 0.674. The molecule has 0 fully saturated rings. The zero-order valence-electron chi connectivity index (χ0n) is 9.61. The molecule has 0 aromatic carbocycles. The lowest BCUT2D eigenvalue weighted by Crippen LogP contribution is -2.25. The number of hydrogen-bond donors (Lipinski definition) is 1. The van der Waals surface area contributed by atoms with Crippen molar-refractivity contribution in [3.8, 4) is 0 Å². The van der Waals surface area contributed by atoms with E-state index in [1.54, 1.807) is 0 Å². The minimum Gasteiger partial charge on any atom is -0.385 e. The first-order chi connectivity index (χ1) is 6.39. The van der Waals surface area contributed by atoms with Gasteiger partial charge in [0.25, 0.3) is 0 Å². The van der Waals surface area contributed by atoms with Gasteiger partial charge in [0.1, 0.15) is 0 Å². The highest BCUT2D eigenvalue weighted by Gasteiger charge is 2.24. The van der Waals surface area contributed by atoms with Crippen molar-refractivity contribution in [2.75, 3.05) is 6.54 Å². The molecule has 0 atom stereocenters. The first kappa shape index (κ1) is 11.1. The van der Waals surface area contributed by atoms with Gasteiger partial charge in [0.2, 0.25) is 0 Å². The Morgan fingerprint density at radius 1 is 1.50 bits per heavy atom. The molecule has 78 valence electrons. The van der Waals surface area contributed by atoms with E-state index in [4.69, 9.17) is 0 Å². The van der Waals surface area contributed by atoms with Crippen LogP contribution in [0.5, 0.6) is 0 Å². The number of nitrogens with one attached hydrogen (secondary N) is 1. The van der Waals surface area contributed by atoms with Gasteiger partial charge >= 0.3 is 0 Å². The third kappa shape index (κ3) is 3.41. The van der Waals surface area contributed by atoms with Crippen molar-refractivity contribution in [2.24, 2.45) is 5.41 Å². The van der Waals surface area contributed by atoms with Gasteiger partial charge in [0, 0.05) is 12.2 Å². The molecule has 1 rings (SSSR count). The number of hydrogen-bond acceptors (Lipinski definition) is 1. The minimum absolute atomic E-state index is 0.350. The molecule has 1 aliphatic carbocycles. The summed E-state index contributed by atoms with van der Waals surface area (Å²) in [5, 5.41) is 3.41. The van der Waals surface area contributed by atoms with E-state index in [0.29, 0.717) is 5.41 Å². The van der Waals surface area contributed by atoms with Gasteiger partial charge in [-0.25, -0.2) is 0 Å². The largest absolute Gasteiger partial charge is 0.385 e. The van der Waals surface area contributed by atoms with E-state index in [2.05, 4.69) is 38.4 Å². The smallest absolute Gasteiger partial charge is 0.0351 e. The topological polar surface area (TPSA) is 12.0 Å². The van der Waals surface area contributed by atoms with Crippen molar-refractivity contribution < 1.29 is 0 Å². The molecule has 0 heterocycles. The second-order valence-corrected chi connectivity index (χ2v) is 5.16. The molecule has 0 amide bonds. The third-order valence-electron chi connectivity index (χ3n) is 2.37. The van der Waals surface area contributed by atoms with Crippen LogP contribution in [0.15, 0.2) is 36.1 Å². The molecule has 1 nitrogen and oxygen atoms in total. The van der Waals surface area contributed by atoms with Crippen LogP contribution < -0.4 is 5.32 Å². The van der Waals surface area contributed by atoms with Crippen LogP contribution in [0.3, 0.4) is 0 Å². The van der Waals surface area contributed by atoms with Crippen molar-refractivity contribution in [2.45, 2.75) is 33.6 Å². The summed E-state index contributed by atoms with van der Waals surface area (Å²) in [7, 11) is 0. The summed E-state index contributed by atoms with van der Waals surface area (Å²) in [5.41, 5.74) is 4.04. The van der Waals surface area contributed by atoms with E-state index in [1.165, 1.54) is 16.8 Å². The van der Waals surface area contributed by atoms with Gasteiger partial charge in [0.15, 0.2) is 0 Å². The molecule has 0 unspecified atom stereocenters. The fraction of sp³-hybridized carbons (Fsp3) is 0.538. The molecule has 1 aliphatic rings. The fourth-order valence-corrected chi connectivity index (χ4v) is 1.92. The third-order valence-corrected chi connectivity index (χ3v) is 2.37. The first-order valence-corrected chi connectivity index (χ1v) is 5.16. The number of allylic oxidation sites excluding steroid dienone is 3. The Labute approximate surface area is 87.6 Å². The van der Waals surface area contributed by atoms with Crippen LogP contribution in [0.4, 0.5) is 0 Å². The zero-order chi connectivity index (χ0) is 10.8. The molecular formula is C13H21N. The highest BCUT2D eigenvalue weighted by atomic mass is 14.9. The Kier molecular flexibility index (Phi) is 3.20. The van der Waals surface area contributed by atoms with Crippen molar-refractivity contribution in [3.63, 3.8) is 0 Å². The Bertz CT molecular complexity index is 282. The van der Waals surface area contributed by atoms with Gasteiger partial charge in [-0.3, -0.25) is 0 Å². The van der Waals surface area contributed by atoms with E-state index in [-0.39, 0.29) is 0 Å². The van der Waals surface area contributed by atoms with Crippen molar-refractivity contribution in [1.82, 2.24) is 5.32 Å². The van der Waals surface area contributed by atoms with Crippen molar-refractivity contribution in [3.05, 3.63) is 36.1 Å². The number of rotatable bonds is 3. The summed E-state index contributed by atoms with van der Waals surface area (Å²) in [5.74, 6) is 0. The van der Waals surface area contributed by atoms with Crippen LogP contribution in [0.1, 0.15) is 33.6 Å². The summed E-state index contributed by atoms with van der Waals surface area (Å²) >= 11 is 0. The van der Waals surface area contributed by atoms with Crippen molar-refractivity contribution >= 4 is 0 Å². The van der Waals surface area contributed by atoms with Crippen LogP contribution in [0.25, 0.3) is 0 Å². The van der Waals surface area contributed by atoms with E-state index < -0.39 is 0 Å². The molecule has 0 spiro atoms. The second-order valence-electron chi connectivity index (χ2n) is 5.16. The van der Waals surface area contributed by atoms with Crippen LogP contribution in [-0.4, -0.2) is 6.54 Å². The van der Waals surface area contributed by atoms with Crippen molar-refractivity contribution in [1.29, 1.82) is 0 Å². The first-order valence-electron chi connectivity index (χ1n) is 5.16. The SMILES string of the molecule is C=C(C)CNC1=CC(=C)CC(C)(C)C1. The Morgan fingerprint density at radius 2 is 2.14 bits per heavy atom. The molecule has 0 radical (unpaired) electrons. The van der Waals surface area contributed by atoms with E-state index in [1.807, 2.05) is 6.92 Å². The van der Waals surface area contributed by atoms with Gasteiger partial charge < -0.3 is 5.32 Å². The molecule has 0 saturated carbocycles. The monoisotopic (exact) mass is 191 g/mol. The molecule has 0 bridgehead atoms. The van der Waals surface area contributed by atoms with Crippen LogP contribution in [0.2, 0.25) is 0 Å². The lowest BCUT2D eigenvalue weighted by Gasteiger charge is -2.31. The normalized spacial score (nSPS) is 20.2. The lowest BCUT2D eigenvalue weighted by atomic mass is 9.77.